The lowest BCUT2D eigenvalue weighted by atomic mass is 10.1. The summed E-state index contributed by atoms with van der Waals surface area (Å²) in [5.74, 6) is -0.231. The van der Waals surface area contributed by atoms with E-state index in [2.05, 4.69) is 20.3 Å². The molecule has 3 N–H and O–H groups in total. The van der Waals surface area contributed by atoms with Crippen LogP contribution in [-0.4, -0.2) is 59.8 Å². The SMILES string of the molecule is Cc1ccccc1S(=O)(=O)Nc1ccc(N2CCNCC2)c(C(=O)NC[C@@H]2CCCO2)c1. The third kappa shape index (κ3) is 5.23. The van der Waals surface area contributed by atoms with Crippen molar-refractivity contribution in [3.8, 4) is 0 Å². The number of nitrogens with zero attached hydrogens (tertiary/aromatic N) is 1. The number of sulfonamides is 1. The number of carbonyl (C=O) groups excluding carboxylic acids is 1. The molecule has 0 spiro atoms. The van der Waals surface area contributed by atoms with Crippen molar-refractivity contribution in [2.75, 3.05) is 49.0 Å². The number of rotatable bonds is 7. The standard InChI is InChI=1S/C23H30N4O4S/c1-17-5-2-3-7-22(17)32(29,30)26-18-8-9-21(27-12-10-24-11-13-27)20(15-18)23(28)25-16-19-6-4-14-31-19/h2-3,5,7-9,15,19,24,26H,4,6,10-14,16H2,1H3,(H,25,28)/t19-/m0/s1. The van der Waals surface area contributed by atoms with Crippen LogP contribution in [0.1, 0.15) is 28.8 Å². The highest BCUT2D eigenvalue weighted by atomic mass is 32.2. The third-order valence-electron chi connectivity index (χ3n) is 5.85. The number of piperazine rings is 1. The molecule has 1 atom stereocenters. The van der Waals surface area contributed by atoms with Crippen molar-refractivity contribution >= 4 is 27.3 Å². The van der Waals surface area contributed by atoms with Crippen molar-refractivity contribution in [3.05, 3.63) is 53.6 Å². The Bertz CT molecular complexity index is 1060. The minimum Gasteiger partial charge on any atom is -0.376 e. The van der Waals surface area contributed by atoms with E-state index in [1.165, 1.54) is 0 Å². The molecule has 2 saturated heterocycles. The van der Waals surface area contributed by atoms with E-state index in [0.717, 1.165) is 51.3 Å². The smallest absolute Gasteiger partial charge is 0.262 e. The fourth-order valence-corrected chi connectivity index (χ4v) is 5.43. The largest absolute Gasteiger partial charge is 0.376 e. The van der Waals surface area contributed by atoms with E-state index in [0.29, 0.717) is 23.4 Å². The zero-order chi connectivity index (χ0) is 22.6. The number of amides is 1. The average molecular weight is 459 g/mol. The first-order valence-electron chi connectivity index (χ1n) is 11.0. The Morgan fingerprint density at radius 2 is 1.97 bits per heavy atom. The van der Waals surface area contributed by atoms with E-state index in [-0.39, 0.29) is 16.9 Å². The van der Waals surface area contributed by atoms with Crippen molar-refractivity contribution in [3.63, 3.8) is 0 Å². The van der Waals surface area contributed by atoms with Gasteiger partial charge in [-0.05, 0) is 49.6 Å². The van der Waals surface area contributed by atoms with Crippen LogP contribution < -0.4 is 20.3 Å². The normalized spacial score (nSPS) is 19.0. The molecule has 2 aliphatic heterocycles. The monoisotopic (exact) mass is 458 g/mol. The third-order valence-corrected chi connectivity index (χ3v) is 7.39. The zero-order valence-corrected chi connectivity index (χ0v) is 19.1. The zero-order valence-electron chi connectivity index (χ0n) is 18.3. The number of ether oxygens (including phenoxy) is 1. The van der Waals surface area contributed by atoms with Crippen LogP contribution in [0.4, 0.5) is 11.4 Å². The van der Waals surface area contributed by atoms with Crippen LogP contribution in [0.2, 0.25) is 0 Å². The molecule has 2 aromatic carbocycles. The van der Waals surface area contributed by atoms with Gasteiger partial charge in [0.05, 0.1) is 16.6 Å². The van der Waals surface area contributed by atoms with Gasteiger partial charge in [-0.15, -0.1) is 0 Å². The Morgan fingerprint density at radius 3 is 2.69 bits per heavy atom. The molecule has 2 aliphatic rings. The molecule has 172 valence electrons. The summed E-state index contributed by atoms with van der Waals surface area (Å²) in [5.41, 5.74) is 2.27. The van der Waals surface area contributed by atoms with Crippen LogP contribution in [0.25, 0.3) is 0 Å². The Balaban J connectivity index is 1.60. The highest BCUT2D eigenvalue weighted by molar-refractivity contribution is 7.92. The number of anilines is 2. The Hall–Kier alpha value is -2.62. The molecule has 0 aliphatic carbocycles. The molecule has 1 amide bonds. The molecule has 9 heteroatoms. The number of hydrogen-bond donors (Lipinski definition) is 3. The summed E-state index contributed by atoms with van der Waals surface area (Å²) < 4.78 is 34.1. The Kier molecular flexibility index (Phi) is 6.98. The van der Waals surface area contributed by atoms with Gasteiger partial charge in [-0.1, -0.05) is 18.2 Å². The Morgan fingerprint density at radius 1 is 1.19 bits per heavy atom. The van der Waals surface area contributed by atoms with Crippen molar-refractivity contribution in [1.29, 1.82) is 0 Å². The van der Waals surface area contributed by atoms with Gasteiger partial charge < -0.3 is 20.3 Å². The maximum Gasteiger partial charge on any atom is 0.262 e. The maximum absolute atomic E-state index is 13.1. The minimum atomic E-state index is -3.77. The predicted molar refractivity (Wildman–Crippen MR) is 125 cm³/mol. The van der Waals surface area contributed by atoms with Crippen LogP contribution in [-0.2, 0) is 14.8 Å². The van der Waals surface area contributed by atoms with Crippen molar-refractivity contribution in [1.82, 2.24) is 10.6 Å². The molecular formula is C23H30N4O4S. The van der Waals surface area contributed by atoms with E-state index in [1.54, 1.807) is 43.3 Å². The Labute approximate surface area is 189 Å². The van der Waals surface area contributed by atoms with Gasteiger partial charge >= 0.3 is 0 Å². The molecule has 0 unspecified atom stereocenters. The van der Waals surface area contributed by atoms with Gasteiger partial charge in [-0.2, -0.15) is 0 Å². The second-order valence-electron chi connectivity index (χ2n) is 8.19. The van der Waals surface area contributed by atoms with Crippen LogP contribution in [0, 0.1) is 6.92 Å². The lowest BCUT2D eigenvalue weighted by Crippen LogP contribution is -2.44. The van der Waals surface area contributed by atoms with Crippen molar-refractivity contribution in [2.24, 2.45) is 0 Å². The lowest BCUT2D eigenvalue weighted by Gasteiger charge is -2.31. The van der Waals surface area contributed by atoms with E-state index >= 15 is 0 Å². The fourth-order valence-electron chi connectivity index (χ4n) is 4.14. The second kappa shape index (κ2) is 9.89. The van der Waals surface area contributed by atoms with Gasteiger partial charge in [0.2, 0.25) is 0 Å². The summed E-state index contributed by atoms with van der Waals surface area (Å²) in [6.07, 6.45) is 1.97. The van der Waals surface area contributed by atoms with Gasteiger partial charge in [0.1, 0.15) is 0 Å². The number of aryl methyl sites for hydroxylation is 1. The number of benzene rings is 2. The first-order chi connectivity index (χ1) is 15.4. The second-order valence-corrected chi connectivity index (χ2v) is 9.84. The van der Waals surface area contributed by atoms with Crippen molar-refractivity contribution < 1.29 is 17.9 Å². The first kappa shape index (κ1) is 22.6. The molecule has 2 aromatic rings. The molecule has 0 radical (unpaired) electrons. The topological polar surface area (TPSA) is 99.8 Å². The highest BCUT2D eigenvalue weighted by Crippen LogP contribution is 2.27. The van der Waals surface area contributed by atoms with Gasteiger partial charge in [0, 0.05) is 50.7 Å². The quantitative estimate of drug-likeness (QED) is 0.588. The van der Waals surface area contributed by atoms with Gasteiger partial charge in [-0.25, -0.2) is 8.42 Å². The first-order valence-corrected chi connectivity index (χ1v) is 12.5. The molecule has 0 bridgehead atoms. The minimum absolute atomic E-state index is 0.0318. The summed E-state index contributed by atoms with van der Waals surface area (Å²) in [6, 6.07) is 12.0. The summed E-state index contributed by atoms with van der Waals surface area (Å²) >= 11 is 0. The summed E-state index contributed by atoms with van der Waals surface area (Å²) in [6.45, 7) is 6.14. The summed E-state index contributed by atoms with van der Waals surface area (Å²) in [7, 11) is -3.77. The van der Waals surface area contributed by atoms with E-state index in [1.807, 2.05) is 6.07 Å². The highest BCUT2D eigenvalue weighted by Gasteiger charge is 2.23. The van der Waals surface area contributed by atoms with E-state index in [4.69, 9.17) is 4.74 Å². The van der Waals surface area contributed by atoms with Gasteiger partial charge in [-0.3, -0.25) is 9.52 Å². The average Bonchev–Trinajstić information content (AvgIpc) is 3.32. The molecular weight excluding hydrogens is 428 g/mol. The molecule has 0 saturated carbocycles. The molecule has 2 heterocycles. The fraction of sp³-hybridized carbons (Fsp3) is 0.435. The maximum atomic E-state index is 13.1. The number of hydrogen-bond acceptors (Lipinski definition) is 6. The molecule has 2 fully saturated rings. The van der Waals surface area contributed by atoms with Crippen LogP contribution in [0.3, 0.4) is 0 Å². The summed E-state index contributed by atoms with van der Waals surface area (Å²) in [4.78, 5) is 15.5. The van der Waals surface area contributed by atoms with E-state index in [9.17, 15) is 13.2 Å². The van der Waals surface area contributed by atoms with Crippen LogP contribution in [0.15, 0.2) is 47.4 Å². The van der Waals surface area contributed by atoms with Gasteiger partial charge in [0.15, 0.2) is 0 Å². The van der Waals surface area contributed by atoms with E-state index < -0.39 is 10.0 Å². The summed E-state index contributed by atoms with van der Waals surface area (Å²) in [5, 5.41) is 6.28. The molecule has 32 heavy (non-hydrogen) atoms. The number of carbonyl (C=O) groups is 1. The number of nitrogens with one attached hydrogen (secondary N) is 3. The molecule has 4 rings (SSSR count). The molecule has 0 aromatic heterocycles. The lowest BCUT2D eigenvalue weighted by molar-refractivity contribution is 0.0858. The van der Waals surface area contributed by atoms with Crippen LogP contribution >= 0.6 is 0 Å². The van der Waals surface area contributed by atoms with Crippen LogP contribution in [0.5, 0.6) is 0 Å². The predicted octanol–water partition coefficient (Wildman–Crippen LogP) is 2.11. The van der Waals surface area contributed by atoms with Gasteiger partial charge in [0.25, 0.3) is 15.9 Å². The van der Waals surface area contributed by atoms with Crippen molar-refractivity contribution in [2.45, 2.75) is 30.8 Å². The molecule has 8 nitrogen and oxygen atoms in total.